The third-order valence-corrected chi connectivity index (χ3v) is 18.3. The Morgan fingerprint density at radius 2 is 1.03 bits per heavy atom. The zero-order valence-corrected chi connectivity index (χ0v) is 25.3. The molecule has 9 heteroatoms. The van der Waals surface area contributed by atoms with E-state index < -0.39 is 0 Å². The van der Waals surface area contributed by atoms with Crippen LogP contribution in [0.4, 0.5) is 11.6 Å². The number of anilines is 2. The molecule has 6 aliphatic rings. The van der Waals surface area contributed by atoms with Crippen molar-refractivity contribution in [1.82, 2.24) is 4.98 Å². The summed E-state index contributed by atoms with van der Waals surface area (Å²) in [5.41, 5.74) is 0. The lowest BCUT2D eigenvalue weighted by Crippen LogP contribution is -2.48. The van der Waals surface area contributed by atoms with Crippen LogP contribution in [-0.2, 0) is 9.59 Å². The average Bonchev–Trinajstić information content (AvgIpc) is 3.55. The van der Waals surface area contributed by atoms with Crippen LogP contribution in [-0.4, -0.2) is 48.0 Å². The van der Waals surface area contributed by atoms with Crippen LogP contribution in [0.5, 0.6) is 0 Å². The number of nitrogens with one attached hydrogen (secondary N) is 2. The van der Waals surface area contributed by atoms with Crippen molar-refractivity contribution in [3.63, 3.8) is 0 Å². The zero-order chi connectivity index (χ0) is 25.7. The number of thioether (sulfide) groups is 4. The maximum atomic E-state index is 13.4. The van der Waals surface area contributed by atoms with E-state index >= 15 is 0 Å². The summed E-state index contributed by atoms with van der Waals surface area (Å²) in [5, 5.41) is 6.24. The van der Waals surface area contributed by atoms with E-state index in [-0.39, 0.29) is 23.7 Å². The van der Waals surface area contributed by atoms with Gasteiger partial charge in [0.25, 0.3) is 0 Å². The summed E-state index contributed by atoms with van der Waals surface area (Å²) in [7, 11) is 0. The van der Waals surface area contributed by atoms with Crippen molar-refractivity contribution in [2.75, 3.05) is 33.6 Å². The van der Waals surface area contributed by atoms with Gasteiger partial charge < -0.3 is 10.6 Å². The van der Waals surface area contributed by atoms with Crippen LogP contribution in [0.25, 0.3) is 0 Å². The molecular weight excluding hydrogens is 551 g/mol. The van der Waals surface area contributed by atoms with Gasteiger partial charge in [-0.3, -0.25) is 9.59 Å². The van der Waals surface area contributed by atoms with E-state index in [1.165, 1.54) is 61.5 Å². The fourth-order valence-electron chi connectivity index (χ4n) is 8.68. The van der Waals surface area contributed by atoms with Crippen LogP contribution in [0, 0.1) is 35.5 Å². The molecule has 4 aliphatic carbocycles. The lowest BCUT2D eigenvalue weighted by atomic mass is 9.67. The predicted molar refractivity (Wildman–Crippen MR) is 164 cm³/mol. The molecule has 4 saturated carbocycles. The molecule has 1 aromatic rings. The largest absolute Gasteiger partial charge is 0.310 e. The normalized spacial score (nSPS) is 36.7. The molecule has 2 amide bonds. The van der Waals surface area contributed by atoms with Gasteiger partial charge in [-0.05, 0) is 87.2 Å². The SMILES string of the molecule is O=C(Nc1cccc(NC(=O)C2C[C@H]3CCC[C@@H](C2)C32SCCS2)n1)C1C[C@H]2CCC[C@H](C1)C21SCCS1. The molecule has 7 rings (SSSR count). The van der Waals surface area contributed by atoms with Crippen LogP contribution >= 0.6 is 47.0 Å². The molecule has 2 spiro atoms. The van der Waals surface area contributed by atoms with Crippen LogP contribution in [0.3, 0.4) is 0 Å². The van der Waals surface area contributed by atoms with Crippen molar-refractivity contribution in [3.05, 3.63) is 18.2 Å². The highest BCUT2D eigenvalue weighted by atomic mass is 32.2. The Bertz CT molecular complexity index is 962. The summed E-state index contributed by atoms with van der Waals surface area (Å²) >= 11 is 8.73. The Labute approximate surface area is 243 Å². The van der Waals surface area contributed by atoms with Crippen molar-refractivity contribution in [2.24, 2.45) is 35.5 Å². The van der Waals surface area contributed by atoms with E-state index in [1.807, 2.05) is 18.2 Å². The summed E-state index contributed by atoms with van der Waals surface area (Å²) < 4.78 is 0.758. The molecule has 6 fully saturated rings. The van der Waals surface area contributed by atoms with Gasteiger partial charge >= 0.3 is 0 Å². The van der Waals surface area contributed by atoms with E-state index in [1.54, 1.807) is 0 Å². The molecule has 2 aliphatic heterocycles. The Balaban J connectivity index is 0.980. The Morgan fingerprint density at radius 1 is 0.658 bits per heavy atom. The molecule has 1 aromatic heterocycles. The van der Waals surface area contributed by atoms with Crippen molar-refractivity contribution in [2.45, 2.75) is 72.4 Å². The highest BCUT2D eigenvalue weighted by Crippen LogP contribution is 2.65. The molecule has 4 bridgehead atoms. The van der Waals surface area contributed by atoms with Gasteiger partial charge in [-0.25, -0.2) is 4.98 Å². The number of hydrogen-bond donors (Lipinski definition) is 2. The predicted octanol–water partition coefficient (Wildman–Crippen LogP) is 6.96. The summed E-state index contributed by atoms with van der Waals surface area (Å²) in [5.74, 6) is 9.11. The highest BCUT2D eigenvalue weighted by molar-refractivity contribution is 8.21. The first-order chi connectivity index (χ1) is 18.6. The lowest BCUT2D eigenvalue weighted by molar-refractivity contribution is -0.123. The number of nitrogens with zero attached hydrogens (tertiary/aromatic N) is 1. The summed E-state index contributed by atoms with van der Waals surface area (Å²) in [4.78, 5) is 31.4. The molecule has 38 heavy (non-hydrogen) atoms. The first-order valence-corrected chi connectivity index (χ1v) is 18.6. The highest BCUT2D eigenvalue weighted by Gasteiger charge is 2.56. The second kappa shape index (κ2) is 10.7. The molecule has 0 radical (unpaired) electrons. The van der Waals surface area contributed by atoms with Crippen molar-refractivity contribution in [1.29, 1.82) is 0 Å². The molecule has 5 atom stereocenters. The van der Waals surface area contributed by atoms with Gasteiger partial charge in [-0.15, -0.1) is 47.0 Å². The number of aromatic nitrogens is 1. The Hall–Kier alpha value is -0.510. The molecule has 5 nitrogen and oxygen atoms in total. The minimum absolute atomic E-state index is 0.0677. The molecule has 0 aromatic carbocycles. The molecule has 2 saturated heterocycles. The monoisotopic (exact) mass is 589 g/mol. The van der Waals surface area contributed by atoms with Crippen LogP contribution in [0.2, 0.25) is 0 Å². The number of pyridine rings is 1. The third kappa shape index (κ3) is 4.63. The molecule has 206 valence electrons. The third-order valence-electron chi connectivity index (χ3n) is 10.2. The quantitative estimate of drug-likeness (QED) is 0.393. The number of carbonyl (C=O) groups is 2. The molecular formula is C29H39N3O2S4. The number of carbonyl (C=O) groups excluding carboxylic acids is 2. The minimum atomic E-state index is 0.0677. The summed E-state index contributed by atoms with van der Waals surface area (Å²) in [6, 6.07) is 5.60. The van der Waals surface area contributed by atoms with Crippen molar-refractivity contribution in [3.8, 4) is 0 Å². The van der Waals surface area contributed by atoms with E-state index in [0.29, 0.717) is 43.5 Å². The lowest BCUT2D eigenvalue weighted by Gasteiger charge is -2.52. The number of hydrogen-bond acceptors (Lipinski definition) is 7. The van der Waals surface area contributed by atoms with E-state index in [4.69, 9.17) is 0 Å². The van der Waals surface area contributed by atoms with Crippen LogP contribution in [0.15, 0.2) is 18.2 Å². The van der Waals surface area contributed by atoms with Gasteiger partial charge in [0.05, 0.1) is 8.16 Å². The van der Waals surface area contributed by atoms with Gasteiger partial charge in [-0.2, -0.15) is 0 Å². The topological polar surface area (TPSA) is 71.1 Å². The Kier molecular flexibility index (Phi) is 7.44. The van der Waals surface area contributed by atoms with Crippen LogP contribution < -0.4 is 10.6 Å². The number of rotatable bonds is 4. The maximum absolute atomic E-state index is 13.4. The van der Waals surface area contributed by atoms with Crippen molar-refractivity contribution < 1.29 is 9.59 Å². The maximum Gasteiger partial charge on any atom is 0.228 e. The summed E-state index contributed by atoms with van der Waals surface area (Å²) in [6.45, 7) is 0. The second-order valence-corrected chi connectivity index (χ2v) is 18.2. The van der Waals surface area contributed by atoms with Crippen molar-refractivity contribution >= 4 is 70.5 Å². The van der Waals surface area contributed by atoms with Gasteiger partial charge in [-0.1, -0.05) is 18.9 Å². The first kappa shape index (κ1) is 26.4. The first-order valence-electron chi connectivity index (χ1n) is 14.7. The minimum Gasteiger partial charge on any atom is -0.310 e. The fraction of sp³-hybridized carbons (Fsp3) is 0.759. The van der Waals surface area contributed by atoms with Gasteiger partial charge in [0.15, 0.2) is 0 Å². The van der Waals surface area contributed by atoms with E-state index in [2.05, 4.69) is 62.7 Å². The van der Waals surface area contributed by atoms with E-state index in [9.17, 15) is 9.59 Å². The van der Waals surface area contributed by atoms with Gasteiger partial charge in [0.1, 0.15) is 11.6 Å². The smallest absolute Gasteiger partial charge is 0.228 e. The number of amides is 2. The van der Waals surface area contributed by atoms with Crippen LogP contribution in [0.1, 0.15) is 64.2 Å². The second-order valence-electron chi connectivity index (χ2n) is 12.2. The molecule has 3 heterocycles. The standard InChI is InChI=1S/C29H39N3O2S4/c33-26(18-14-20-4-1-5-21(15-18)28(20)35-10-11-36-28)31-24-8-3-9-25(30-24)32-27(34)19-16-22-6-2-7-23(17-19)29(22)37-12-13-38-29/h3,8-9,18-23H,1-2,4-7,10-17H2,(H2,30,31,32,33,34)/t18?,20-,21+,22-,23-/m1/s1. The van der Waals surface area contributed by atoms with Gasteiger partial charge in [0, 0.05) is 34.8 Å². The Morgan fingerprint density at radius 3 is 1.39 bits per heavy atom. The average molecular weight is 590 g/mol. The zero-order valence-electron chi connectivity index (χ0n) is 22.0. The summed E-state index contributed by atoms with van der Waals surface area (Å²) in [6.07, 6.45) is 11.7. The molecule has 2 N–H and O–H groups in total. The molecule has 1 unspecified atom stereocenters. The fourth-order valence-corrected chi connectivity index (χ4v) is 16.6. The van der Waals surface area contributed by atoms with Gasteiger partial charge in [0.2, 0.25) is 11.8 Å². The van der Waals surface area contributed by atoms with E-state index in [0.717, 1.165) is 25.7 Å².